The summed E-state index contributed by atoms with van der Waals surface area (Å²) in [5, 5.41) is 4.62. The van der Waals surface area contributed by atoms with E-state index in [-0.39, 0.29) is 6.04 Å². The predicted octanol–water partition coefficient (Wildman–Crippen LogP) is 4.05. The van der Waals surface area contributed by atoms with Crippen molar-refractivity contribution in [2.45, 2.75) is 26.3 Å². The molecule has 0 fully saturated rings. The molecule has 1 heterocycles. The van der Waals surface area contributed by atoms with E-state index in [9.17, 15) is 0 Å². The van der Waals surface area contributed by atoms with Gasteiger partial charge in [0.2, 0.25) is 0 Å². The molecule has 0 amide bonds. The summed E-state index contributed by atoms with van der Waals surface area (Å²) < 4.78 is 5.81. The van der Waals surface area contributed by atoms with E-state index in [1.54, 1.807) is 0 Å². The first-order valence-corrected chi connectivity index (χ1v) is 6.14. The van der Waals surface area contributed by atoms with E-state index in [2.05, 4.69) is 36.5 Å². The van der Waals surface area contributed by atoms with Gasteiger partial charge in [0.15, 0.2) is 0 Å². The third-order valence-corrected chi connectivity index (χ3v) is 2.87. The van der Waals surface area contributed by atoms with Gasteiger partial charge < -0.3 is 9.73 Å². The average molecular weight is 229 g/mol. The smallest absolute Gasteiger partial charge is 0.134 e. The minimum Gasteiger partial charge on any atom is -0.459 e. The minimum atomic E-state index is 0.257. The van der Waals surface area contributed by atoms with Crippen molar-refractivity contribution in [3.8, 4) is 0 Å². The van der Waals surface area contributed by atoms with Gasteiger partial charge in [-0.05, 0) is 38.9 Å². The Labute approximate surface area is 102 Å². The normalized spacial score (nSPS) is 13.5. The first-order valence-electron chi connectivity index (χ1n) is 6.14. The number of rotatable bonds is 5. The lowest BCUT2D eigenvalue weighted by Gasteiger charge is -2.09. The second-order valence-electron chi connectivity index (χ2n) is 4.22. The molecule has 0 aliphatic rings. The van der Waals surface area contributed by atoms with E-state index in [0.29, 0.717) is 0 Å². The number of fused-ring (bicyclic) bond motifs is 1. The van der Waals surface area contributed by atoms with Gasteiger partial charge in [0.1, 0.15) is 11.3 Å². The van der Waals surface area contributed by atoms with E-state index in [4.69, 9.17) is 4.42 Å². The van der Waals surface area contributed by atoms with Crippen molar-refractivity contribution in [2.24, 2.45) is 0 Å². The second-order valence-corrected chi connectivity index (χ2v) is 4.22. The van der Waals surface area contributed by atoms with Gasteiger partial charge in [0.25, 0.3) is 0 Å². The Balaban J connectivity index is 2.01. The Kier molecular flexibility index (Phi) is 3.99. The van der Waals surface area contributed by atoms with Crippen LogP contribution in [0.15, 0.2) is 46.9 Å². The van der Waals surface area contributed by atoms with E-state index < -0.39 is 0 Å². The molecule has 17 heavy (non-hydrogen) atoms. The van der Waals surface area contributed by atoms with E-state index >= 15 is 0 Å². The maximum Gasteiger partial charge on any atom is 0.134 e. The Morgan fingerprint density at radius 1 is 1.35 bits per heavy atom. The van der Waals surface area contributed by atoms with Crippen LogP contribution >= 0.6 is 0 Å². The van der Waals surface area contributed by atoms with Crippen molar-refractivity contribution < 1.29 is 4.42 Å². The summed E-state index contributed by atoms with van der Waals surface area (Å²) in [6.07, 6.45) is 5.30. The standard InChI is InChI=1S/C15H19NO/c1-3-4-7-10-16-12(2)15-11-13-8-5-6-9-14(13)17-15/h3-6,8-9,11-12,16H,7,10H2,1-2H3/b4-3+. The van der Waals surface area contributed by atoms with Crippen molar-refractivity contribution in [1.29, 1.82) is 0 Å². The lowest BCUT2D eigenvalue weighted by molar-refractivity contribution is 0.454. The highest BCUT2D eigenvalue weighted by atomic mass is 16.3. The number of furan rings is 1. The summed E-state index contributed by atoms with van der Waals surface area (Å²) in [6.45, 7) is 5.15. The van der Waals surface area contributed by atoms with Crippen LogP contribution in [0.25, 0.3) is 11.0 Å². The van der Waals surface area contributed by atoms with E-state index in [1.165, 1.54) is 5.39 Å². The topological polar surface area (TPSA) is 25.2 Å². The SMILES string of the molecule is C/C=C/CCNC(C)c1cc2ccccc2o1. The fourth-order valence-electron chi connectivity index (χ4n) is 1.87. The molecule has 2 nitrogen and oxygen atoms in total. The van der Waals surface area contributed by atoms with Crippen LogP contribution in [0.3, 0.4) is 0 Å². The molecular weight excluding hydrogens is 210 g/mol. The van der Waals surface area contributed by atoms with Crippen molar-refractivity contribution in [2.75, 3.05) is 6.54 Å². The summed E-state index contributed by atoms with van der Waals surface area (Å²) in [4.78, 5) is 0. The summed E-state index contributed by atoms with van der Waals surface area (Å²) in [5.41, 5.74) is 0.963. The second kappa shape index (κ2) is 5.69. The Morgan fingerprint density at radius 3 is 2.94 bits per heavy atom. The molecule has 0 aliphatic heterocycles. The van der Waals surface area contributed by atoms with Gasteiger partial charge in [0.05, 0.1) is 6.04 Å². The molecule has 2 heteroatoms. The number of hydrogen-bond donors (Lipinski definition) is 1. The predicted molar refractivity (Wildman–Crippen MR) is 72.1 cm³/mol. The fourth-order valence-corrected chi connectivity index (χ4v) is 1.87. The zero-order valence-electron chi connectivity index (χ0n) is 10.4. The van der Waals surface area contributed by atoms with Crippen LogP contribution in [0.5, 0.6) is 0 Å². The highest BCUT2D eigenvalue weighted by Crippen LogP contribution is 2.23. The monoisotopic (exact) mass is 229 g/mol. The molecule has 1 atom stereocenters. The molecule has 0 radical (unpaired) electrons. The molecule has 90 valence electrons. The van der Waals surface area contributed by atoms with Crippen molar-refractivity contribution in [1.82, 2.24) is 5.32 Å². The first kappa shape index (κ1) is 11.9. The van der Waals surface area contributed by atoms with Crippen LogP contribution in [0.1, 0.15) is 32.1 Å². The largest absolute Gasteiger partial charge is 0.459 e. The van der Waals surface area contributed by atoms with Gasteiger partial charge in [-0.3, -0.25) is 0 Å². The molecule has 1 aromatic carbocycles. The van der Waals surface area contributed by atoms with Crippen LogP contribution in [-0.4, -0.2) is 6.54 Å². The maximum atomic E-state index is 5.81. The molecular formula is C15H19NO. The van der Waals surface area contributed by atoms with Crippen molar-refractivity contribution in [3.63, 3.8) is 0 Å². The first-order chi connectivity index (χ1) is 8.31. The average Bonchev–Trinajstić information content (AvgIpc) is 2.78. The Morgan fingerprint density at radius 2 is 2.18 bits per heavy atom. The van der Waals surface area contributed by atoms with E-state index in [0.717, 1.165) is 24.3 Å². The summed E-state index contributed by atoms with van der Waals surface area (Å²) >= 11 is 0. The molecule has 2 aromatic rings. The summed E-state index contributed by atoms with van der Waals surface area (Å²) in [7, 11) is 0. The zero-order valence-corrected chi connectivity index (χ0v) is 10.4. The quantitative estimate of drug-likeness (QED) is 0.618. The van der Waals surface area contributed by atoms with Gasteiger partial charge in [-0.2, -0.15) is 0 Å². The van der Waals surface area contributed by atoms with Crippen LogP contribution in [0.4, 0.5) is 0 Å². The Hall–Kier alpha value is -1.54. The van der Waals surface area contributed by atoms with Gasteiger partial charge in [-0.25, -0.2) is 0 Å². The molecule has 1 N–H and O–H groups in total. The molecule has 0 saturated carbocycles. The van der Waals surface area contributed by atoms with Crippen LogP contribution in [-0.2, 0) is 0 Å². The Bertz CT molecular complexity index is 465. The van der Waals surface area contributed by atoms with Gasteiger partial charge in [-0.1, -0.05) is 30.4 Å². The van der Waals surface area contributed by atoms with Crippen LogP contribution in [0, 0.1) is 0 Å². The van der Waals surface area contributed by atoms with Gasteiger partial charge >= 0.3 is 0 Å². The molecule has 0 saturated heterocycles. The number of allylic oxidation sites excluding steroid dienone is 1. The van der Waals surface area contributed by atoms with Crippen molar-refractivity contribution >= 4 is 11.0 Å². The third kappa shape index (κ3) is 2.98. The number of nitrogens with one attached hydrogen (secondary N) is 1. The summed E-state index contributed by atoms with van der Waals surface area (Å²) in [6, 6.07) is 10.5. The minimum absolute atomic E-state index is 0.257. The molecule has 1 aromatic heterocycles. The molecule has 1 unspecified atom stereocenters. The molecule has 0 bridgehead atoms. The molecule has 0 spiro atoms. The van der Waals surface area contributed by atoms with Crippen molar-refractivity contribution in [3.05, 3.63) is 48.2 Å². The molecule has 0 aliphatic carbocycles. The highest BCUT2D eigenvalue weighted by molar-refractivity contribution is 5.77. The number of benzene rings is 1. The zero-order chi connectivity index (χ0) is 12.1. The third-order valence-electron chi connectivity index (χ3n) is 2.87. The lowest BCUT2D eigenvalue weighted by atomic mass is 10.2. The summed E-state index contributed by atoms with van der Waals surface area (Å²) in [5.74, 6) is 1.01. The van der Waals surface area contributed by atoms with Crippen LogP contribution < -0.4 is 5.32 Å². The number of para-hydroxylation sites is 1. The highest BCUT2D eigenvalue weighted by Gasteiger charge is 2.09. The molecule has 2 rings (SSSR count). The maximum absolute atomic E-state index is 5.81. The van der Waals surface area contributed by atoms with Gasteiger partial charge in [0, 0.05) is 5.39 Å². The fraction of sp³-hybridized carbons (Fsp3) is 0.333. The number of hydrogen-bond acceptors (Lipinski definition) is 2. The van der Waals surface area contributed by atoms with Crippen LogP contribution in [0.2, 0.25) is 0 Å². The van der Waals surface area contributed by atoms with E-state index in [1.807, 2.05) is 25.1 Å². The lowest BCUT2D eigenvalue weighted by Crippen LogP contribution is -2.18. The van der Waals surface area contributed by atoms with Gasteiger partial charge in [-0.15, -0.1) is 0 Å².